The summed E-state index contributed by atoms with van der Waals surface area (Å²) < 4.78 is 14.7. The van der Waals surface area contributed by atoms with Gasteiger partial charge in [-0.25, -0.2) is 4.39 Å². The van der Waals surface area contributed by atoms with Crippen LogP contribution >= 0.6 is 0 Å². The molecule has 0 spiro atoms. The number of rotatable bonds is 1. The van der Waals surface area contributed by atoms with Crippen molar-refractivity contribution in [3.63, 3.8) is 0 Å². The summed E-state index contributed by atoms with van der Waals surface area (Å²) in [7, 11) is 0. The van der Waals surface area contributed by atoms with Crippen LogP contribution in [0.3, 0.4) is 0 Å². The second kappa shape index (κ2) is 3.93. The molecule has 1 heterocycles. The van der Waals surface area contributed by atoms with Crippen LogP contribution in [-0.2, 0) is 5.67 Å². The molecule has 0 unspecified atom stereocenters. The van der Waals surface area contributed by atoms with E-state index < -0.39 is 5.67 Å². The van der Waals surface area contributed by atoms with Crippen molar-refractivity contribution in [2.75, 3.05) is 13.1 Å². The molecule has 1 nitrogen and oxygen atoms in total. The van der Waals surface area contributed by atoms with E-state index in [0.717, 1.165) is 24.2 Å². The van der Waals surface area contributed by atoms with Gasteiger partial charge in [0, 0.05) is 0 Å². The first-order valence-electron chi connectivity index (χ1n) is 5.59. The van der Waals surface area contributed by atoms with Crippen LogP contribution in [0.15, 0.2) is 18.2 Å². The van der Waals surface area contributed by atoms with Crippen molar-refractivity contribution in [3.05, 3.63) is 34.9 Å². The third-order valence-corrected chi connectivity index (χ3v) is 3.26. The Bertz CT molecular complexity index is 354. The molecular formula is C13H18FN. The molecule has 0 bridgehead atoms. The zero-order valence-electron chi connectivity index (χ0n) is 9.44. The first kappa shape index (κ1) is 10.6. The van der Waals surface area contributed by atoms with Crippen LogP contribution in [0.1, 0.15) is 29.5 Å². The summed E-state index contributed by atoms with van der Waals surface area (Å²) in [5.41, 5.74) is 2.06. The molecule has 1 saturated heterocycles. The quantitative estimate of drug-likeness (QED) is 0.746. The van der Waals surface area contributed by atoms with Crippen LogP contribution in [0.5, 0.6) is 0 Å². The second-order valence-corrected chi connectivity index (χ2v) is 4.53. The van der Waals surface area contributed by atoms with Crippen molar-refractivity contribution in [1.29, 1.82) is 0 Å². The summed E-state index contributed by atoms with van der Waals surface area (Å²) in [5, 5.41) is 3.20. The van der Waals surface area contributed by atoms with Gasteiger partial charge >= 0.3 is 0 Å². The standard InChI is InChI=1S/C13H18FN/c1-10-3-4-12(11(2)9-10)13(14)5-7-15-8-6-13/h3-4,9,15H,5-8H2,1-2H3. The molecule has 1 aromatic rings. The molecule has 1 fully saturated rings. The summed E-state index contributed by atoms with van der Waals surface area (Å²) in [6.45, 7) is 5.61. The molecule has 15 heavy (non-hydrogen) atoms. The van der Waals surface area contributed by atoms with Crippen molar-refractivity contribution in [3.8, 4) is 0 Å². The van der Waals surface area contributed by atoms with E-state index in [-0.39, 0.29) is 0 Å². The Morgan fingerprint density at radius 1 is 1.20 bits per heavy atom. The minimum atomic E-state index is -1.11. The third-order valence-electron chi connectivity index (χ3n) is 3.26. The number of halogens is 1. The topological polar surface area (TPSA) is 12.0 Å². The lowest BCUT2D eigenvalue weighted by atomic mass is 9.84. The number of alkyl halides is 1. The zero-order valence-corrected chi connectivity index (χ0v) is 9.44. The van der Waals surface area contributed by atoms with Gasteiger partial charge in [0.15, 0.2) is 0 Å². The summed E-state index contributed by atoms with van der Waals surface area (Å²) in [5.74, 6) is 0. The van der Waals surface area contributed by atoms with Gasteiger partial charge in [0.25, 0.3) is 0 Å². The summed E-state index contributed by atoms with van der Waals surface area (Å²) >= 11 is 0. The maximum absolute atomic E-state index is 14.7. The Labute approximate surface area is 90.7 Å². The molecule has 0 saturated carbocycles. The first-order valence-corrected chi connectivity index (χ1v) is 5.59. The van der Waals surface area contributed by atoms with Crippen molar-refractivity contribution in [1.82, 2.24) is 5.32 Å². The lowest BCUT2D eigenvalue weighted by molar-refractivity contribution is 0.114. The molecule has 1 aromatic carbocycles. The van der Waals surface area contributed by atoms with Gasteiger partial charge in [-0.1, -0.05) is 23.8 Å². The number of hydrogen-bond acceptors (Lipinski definition) is 1. The second-order valence-electron chi connectivity index (χ2n) is 4.53. The van der Waals surface area contributed by atoms with E-state index in [4.69, 9.17) is 0 Å². The maximum atomic E-state index is 14.7. The van der Waals surface area contributed by atoms with Gasteiger partial charge in [-0.3, -0.25) is 0 Å². The van der Waals surface area contributed by atoms with E-state index in [9.17, 15) is 4.39 Å². The highest BCUT2D eigenvalue weighted by Gasteiger charge is 2.34. The molecule has 2 rings (SSSR count). The van der Waals surface area contributed by atoms with Crippen LogP contribution in [-0.4, -0.2) is 13.1 Å². The van der Waals surface area contributed by atoms with E-state index in [1.165, 1.54) is 5.56 Å². The minimum absolute atomic E-state index is 0.594. The minimum Gasteiger partial charge on any atom is -0.316 e. The SMILES string of the molecule is Cc1ccc(C2(F)CCNCC2)c(C)c1. The van der Waals surface area contributed by atoms with E-state index >= 15 is 0 Å². The highest BCUT2D eigenvalue weighted by molar-refractivity contribution is 5.35. The molecule has 0 amide bonds. The van der Waals surface area contributed by atoms with E-state index in [0.29, 0.717) is 12.8 Å². The molecule has 82 valence electrons. The Morgan fingerprint density at radius 3 is 2.47 bits per heavy atom. The van der Waals surface area contributed by atoms with Gasteiger partial charge < -0.3 is 5.32 Å². The average Bonchev–Trinajstić information content (AvgIpc) is 2.18. The third kappa shape index (κ3) is 2.05. The van der Waals surface area contributed by atoms with Crippen LogP contribution in [0.2, 0.25) is 0 Å². The van der Waals surface area contributed by atoms with Crippen molar-refractivity contribution in [2.24, 2.45) is 0 Å². The van der Waals surface area contributed by atoms with Crippen LogP contribution in [0.25, 0.3) is 0 Å². The normalized spacial score (nSPS) is 20.2. The molecule has 0 aromatic heterocycles. The fourth-order valence-corrected chi connectivity index (χ4v) is 2.41. The predicted molar refractivity (Wildman–Crippen MR) is 60.8 cm³/mol. The largest absolute Gasteiger partial charge is 0.316 e. The molecule has 0 aliphatic carbocycles. The van der Waals surface area contributed by atoms with E-state index in [2.05, 4.69) is 11.4 Å². The molecule has 0 radical (unpaired) electrons. The number of piperidine rings is 1. The predicted octanol–water partition coefficient (Wildman–Crippen LogP) is 2.85. The number of nitrogens with one attached hydrogen (secondary N) is 1. The molecule has 1 aliphatic rings. The van der Waals surface area contributed by atoms with Crippen molar-refractivity contribution < 1.29 is 4.39 Å². The highest BCUT2D eigenvalue weighted by Crippen LogP contribution is 2.36. The molecule has 1 aliphatic heterocycles. The smallest absolute Gasteiger partial charge is 0.138 e. The Kier molecular flexibility index (Phi) is 2.79. The fourth-order valence-electron chi connectivity index (χ4n) is 2.41. The number of hydrogen-bond donors (Lipinski definition) is 1. The lowest BCUT2D eigenvalue weighted by Crippen LogP contribution is -2.37. The lowest BCUT2D eigenvalue weighted by Gasteiger charge is -2.31. The summed E-state index contributed by atoms with van der Waals surface area (Å²) in [6, 6.07) is 6.03. The van der Waals surface area contributed by atoms with Crippen LogP contribution in [0.4, 0.5) is 4.39 Å². The number of aryl methyl sites for hydroxylation is 2. The number of benzene rings is 1. The maximum Gasteiger partial charge on any atom is 0.138 e. The Hall–Kier alpha value is -0.890. The molecule has 2 heteroatoms. The Morgan fingerprint density at radius 2 is 1.87 bits per heavy atom. The van der Waals surface area contributed by atoms with E-state index in [1.807, 2.05) is 26.0 Å². The van der Waals surface area contributed by atoms with Gasteiger partial charge in [0.2, 0.25) is 0 Å². The van der Waals surface area contributed by atoms with Gasteiger partial charge in [-0.05, 0) is 50.9 Å². The highest BCUT2D eigenvalue weighted by atomic mass is 19.1. The van der Waals surface area contributed by atoms with Gasteiger partial charge in [0.1, 0.15) is 5.67 Å². The summed E-state index contributed by atoms with van der Waals surface area (Å²) in [6.07, 6.45) is 1.19. The molecular weight excluding hydrogens is 189 g/mol. The summed E-state index contributed by atoms with van der Waals surface area (Å²) in [4.78, 5) is 0. The van der Waals surface area contributed by atoms with Gasteiger partial charge in [-0.2, -0.15) is 0 Å². The first-order chi connectivity index (χ1) is 7.12. The molecule has 1 N–H and O–H groups in total. The monoisotopic (exact) mass is 207 g/mol. The van der Waals surface area contributed by atoms with Crippen LogP contribution < -0.4 is 5.32 Å². The fraction of sp³-hybridized carbons (Fsp3) is 0.538. The van der Waals surface area contributed by atoms with E-state index in [1.54, 1.807) is 0 Å². The van der Waals surface area contributed by atoms with Crippen molar-refractivity contribution in [2.45, 2.75) is 32.4 Å². The van der Waals surface area contributed by atoms with Crippen LogP contribution in [0, 0.1) is 13.8 Å². The Balaban J connectivity index is 2.35. The molecule has 0 atom stereocenters. The zero-order chi connectivity index (χ0) is 10.9. The van der Waals surface area contributed by atoms with Crippen molar-refractivity contribution >= 4 is 0 Å². The van der Waals surface area contributed by atoms with Gasteiger partial charge in [0.05, 0.1) is 0 Å². The van der Waals surface area contributed by atoms with Gasteiger partial charge in [-0.15, -0.1) is 0 Å². The average molecular weight is 207 g/mol.